The molecule has 1 saturated heterocycles. The van der Waals surface area contributed by atoms with Crippen LogP contribution in [0, 0.1) is 22.6 Å². The minimum atomic E-state index is -0.617. The molecule has 2 atom stereocenters. The van der Waals surface area contributed by atoms with Crippen LogP contribution in [0.5, 0.6) is 0 Å². The van der Waals surface area contributed by atoms with Crippen molar-refractivity contribution in [2.75, 3.05) is 30.3 Å². The van der Waals surface area contributed by atoms with E-state index in [-0.39, 0.29) is 29.6 Å². The number of anilines is 2. The molecule has 2 aromatic rings. The second-order valence-corrected chi connectivity index (χ2v) is 8.69. The molecular weight excluding hydrogens is 399 g/mol. The highest BCUT2D eigenvalue weighted by Gasteiger charge is 2.29. The van der Waals surface area contributed by atoms with E-state index in [1.54, 1.807) is 18.2 Å². The van der Waals surface area contributed by atoms with E-state index in [2.05, 4.69) is 15.3 Å². The fourth-order valence-corrected chi connectivity index (χ4v) is 3.24. The Kier molecular flexibility index (Phi) is 6.41. The van der Waals surface area contributed by atoms with Gasteiger partial charge < -0.3 is 20.7 Å². The summed E-state index contributed by atoms with van der Waals surface area (Å²) in [6, 6.07) is 7.86. The fourth-order valence-electron chi connectivity index (χ4n) is 3.24. The average molecular weight is 426 g/mol. The second-order valence-electron chi connectivity index (χ2n) is 8.69. The minimum absolute atomic E-state index is 0.0226. The number of nitriles is 1. The smallest absolute Gasteiger partial charge is 0.225 e. The largest absolute Gasteiger partial charge is 0.372 e. The summed E-state index contributed by atoms with van der Waals surface area (Å²) in [6.07, 6.45) is -0.213. The Morgan fingerprint density at radius 1 is 1.39 bits per heavy atom. The van der Waals surface area contributed by atoms with E-state index in [1.165, 1.54) is 12.1 Å². The van der Waals surface area contributed by atoms with Crippen molar-refractivity contribution in [1.82, 2.24) is 15.3 Å². The molecule has 0 radical (unpaired) electrons. The van der Waals surface area contributed by atoms with E-state index in [0.29, 0.717) is 36.8 Å². The van der Waals surface area contributed by atoms with Gasteiger partial charge in [0.25, 0.3) is 0 Å². The second kappa shape index (κ2) is 8.86. The highest BCUT2D eigenvalue weighted by atomic mass is 19.1. The van der Waals surface area contributed by atoms with Crippen molar-refractivity contribution in [1.29, 1.82) is 5.26 Å². The molecule has 8 nitrogen and oxygen atoms in total. The Balaban J connectivity index is 1.81. The number of morpholine rings is 1. The highest BCUT2D eigenvalue weighted by molar-refractivity contribution is 5.81. The lowest BCUT2D eigenvalue weighted by molar-refractivity contribution is -0.129. The average Bonchev–Trinajstić information content (AvgIpc) is 2.71. The standard InChI is InChI=1S/C22H27FN6O2/c1-13-12-31-16(10-26-20(30)22(2,3)4)11-29(13)19-8-18(27-21(25)28-19)14-5-6-15(9-24)17(23)7-14/h5-8,13,16H,10-12H2,1-4H3,(H,26,30)(H2,25,27,28). The molecule has 1 aliphatic rings. The van der Waals surface area contributed by atoms with Gasteiger partial charge in [0.05, 0.1) is 30.0 Å². The van der Waals surface area contributed by atoms with Gasteiger partial charge >= 0.3 is 0 Å². The first-order valence-corrected chi connectivity index (χ1v) is 10.1. The van der Waals surface area contributed by atoms with Crippen LogP contribution in [0.4, 0.5) is 16.2 Å². The Morgan fingerprint density at radius 2 is 2.13 bits per heavy atom. The molecule has 1 aromatic carbocycles. The lowest BCUT2D eigenvalue weighted by atomic mass is 9.95. The molecule has 1 fully saturated rings. The van der Waals surface area contributed by atoms with Gasteiger partial charge in [0.2, 0.25) is 11.9 Å². The number of hydrogen-bond donors (Lipinski definition) is 2. The van der Waals surface area contributed by atoms with Crippen molar-refractivity contribution < 1.29 is 13.9 Å². The third-order valence-electron chi connectivity index (χ3n) is 5.09. The summed E-state index contributed by atoms with van der Waals surface area (Å²) in [5, 5.41) is 11.9. The zero-order chi connectivity index (χ0) is 22.8. The number of nitrogens with zero attached hydrogens (tertiary/aromatic N) is 4. The van der Waals surface area contributed by atoms with Crippen LogP contribution in [0.25, 0.3) is 11.3 Å². The number of halogens is 1. The molecule has 0 spiro atoms. The molecule has 2 unspecified atom stereocenters. The van der Waals surface area contributed by atoms with Crippen LogP contribution in [-0.2, 0) is 9.53 Å². The molecule has 0 aliphatic carbocycles. The van der Waals surface area contributed by atoms with Gasteiger partial charge in [0.1, 0.15) is 17.7 Å². The maximum Gasteiger partial charge on any atom is 0.225 e. The number of carbonyl (C=O) groups excluding carboxylic acids is 1. The van der Waals surface area contributed by atoms with Crippen LogP contribution in [0.1, 0.15) is 33.3 Å². The van der Waals surface area contributed by atoms with Crippen LogP contribution in [0.15, 0.2) is 24.3 Å². The van der Waals surface area contributed by atoms with Crippen molar-refractivity contribution in [3.8, 4) is 17.3 Å². The zero-order valence-electron chi connectivity index (χ0n) is 18.1. The van der Waals surface area contributed by atoms with Gasteiger partial charge in [-0.15, -0.1) is 0 Å². The van der Waals surface area contributed by atoms with Crippen molar-refractivity contribution in [3.05, 3.63) is 35.6 Å². The first-order chi connectivity index (χ1) is 14.6. The zero-order valence-corrected chi connectivity index (χ0v) is 18.1. The molecule has 164 valence electrons. The fraction of sp³-hybridized carbons (Fsp3) is 0.455. The van der Waals surface area contributed by atoms with Crippen molar-refractivity contribution in [3.63, 3.8) is 0 Å². The molecule has 3 N–H and O–H groups in total. The van der Waals surface area contributed by atoms with Gasteiger partial charge in [0.15, 0.2) is 0 Å². The van der Waals surface area contributed by atoms with E-state index in [9.17, 15) is 9.18 Å². The number of benzene rings is 1. The number of nitrogens with one attached hydrogen (secondary N) is 1. The summed E-state index contributed by atoms with van der Waals surface area (Å²) < 4.78 is 20.0. The van der Waals surface area contributed by atoms with Crippen molar-refractivity contribution >= 4 is 17.7 Å². The van der Waals surface area contributed by atoms with Gasteiger partial charge in [-0.1, -0.05) is 26.8 Å². The summed E-state index contributed by atoms with van der Waals surface area (Å²) in [6.45, 7) is 8.92. The van der Waals surface area contributed by atoms with Crippen molar-refractivity contribution in [2.24, 2.45) is 5.41 Å². The number of nitrogens with two attached hydrogens (primary N) is 1. The monoisotopic (exact) mass is 426 g/mol. The maximum atomic E-state index is 14.1. The molecule has 1 aliphatic heterocycles. The number of aromatic nitrogens is 2. The van der Waals surface area contributed by atoms with Crippen LogP contribution in [0.2, 0.25) is 0 Å². The van der Waals surface area contributed by atoms with Gasteiger partial charge in [-0.3, -0.25) is 4.79 Å². The first kappa shape index (κ1) is 22.4. The predicted molar refractivity (Wildman–Crippen MR) is 116 cm³/mol. The summed E-state index contributed by atoms with van der Waals surface area (Å²) in [5.41, 5.74) is 6.39. The van der Waals surface area contributed by atoms with E-state index >= 15 is 0 Å². The lowest BCUT2D eigenvalue weighted by Gasteiger charge is -2.39. The Labute approximate surface area is 181 Å². The third-order valence-corrected chi connectivity index (χ3v) is 5.09. The van der Waals surface area contributed by atoms with Gasteiger partial charge in [0, 0.05) is 30.1 Å². The quantitative estimate of drug-likeness (QED) is 0.771. The van der Waals surface area contributed by atoms with Crippen LogP contribution < -0.4 is 16.0 Å². The molecule has 1 amide bonds. The Morgan fingerprint density at radius 3 is 2.77 bits per heavy atom. The summed E-state index contributed by atoms with van der Waals surface area (Å²) in [4.78, 5) is 22.8. The molecule has 9 heteroatoms. The normalized spacial score (nSPS) is 19.0. The number of carbonyl (C=O) groups is 1. The molecule has 0 bridgehead atoms. The Hall–Kier alpha value is -3.25. The van der Waals surface area contributed by atoms with Gasteiger partial charge in [-0.2, -0.15) is 10.2 Å². The van der Waals surface area contributed by atoms with E-state index in [4.69, 9.17) is 15.7 Å². The highest BCUT2D eigenvalue weighted by Crippen LogP contribution is 2.27. The SMILES string of the molecule is CC1COC(CNC(=O)C(C)(C)C)CN1c1cc(-c2ccc(C#N)c(F)c2)nc(N)n1. The predicted octanol–water partition coefficient (Wildman–Crippen LogP) is 2.49. The molecule has 2 heterocycles. The molecular formula is C22H27FN6O2. The van der Waals surface area contributed by atoms with Gasteiger partial charge in [-0.05, 0) is 19.1 Å². The lowest BCUT2D eigenvalue weighted by Crippen LogP contribution is -2.53. The first-order valence-electron chi connectivity index (χ1n) is 10.1. The molecule has 31 heavy (non-hydrogen) atoms. The van der Waals surface area contributed by atoms with Crippen LogP contribution in [-0.4, -0.2) is 47.7 Å². The summed E-state index contributed by atoms with van der Waals surface area (Å²) >= 11 is 0. The maximum absolute atomic E-state index is 14.1. The number of rotatable bonds is 4. The van der Waals surface area contributed by atoms with E-state index < -0.39 is 11.2 Å². The number of ether oxygens (including phenoxy) is 1. The number of amides is 1. The van der Waals surface area contributed by atoms with E-state index in [0.717, 1.165) is 0 Å². The molecule has 3 rings (SSSR count). The minimum Gasteiger partial charge on any atom is -0.372 e. The number of nitrogen functional groups attached to an aromatic ring is 1. The summed E-state index contributed by atoms with van der Waals surface area (Å²) in [7, 11) is 0. The number of hydrogen-bond acceptors (Lipinski definition) is 7. The Bertz CT molecular complexity index is 1010. The topological polar surface area (TPSA) is 117 Å². The van der Waals surface area contributed by atoms with Gasteiger partial charge in [-0.25, -0.2) is 9.37 Å². The van der Waals surface area contributed by atoms with Crippen molar-refractivity contribution in [2.45, 2.75) is 39.8 Å². The van der Waals surface area contributed by atoms with Crippen LogP contribution in [0.3, 0.4) is 0 Å². The van der Waals surface area contributed by atoms with E-state index in [1.807, 2.05) is 32.6 Å². The molecule has 1 aromatic heterocycles. The summed E-state index contributed by atoms with van der Waals surface area (Å²) in [5.74, 6) is -0.00503. The third kappa shape index (κ3) is 5.27. The molecule has 0 saturated carbocycles. The van der Waals surface area contributed by atoms with Crippen LogP contribution >= 0.6 is 0 Å².